The van der Waals surface area contributed by atoms with Crippen molar-refractivity contribution < 1.29 is 18.0 Å². The van der Waals surface area contributed by atoms with Gasteiger partial charge >= 0.3 is 6.18 Å². The second kappa shape index (κ2) is 7.59. The van der Waals surface area contributed by atoms with Gasteiger partial charge in [0.1, 0.15) is 0 Å². The van der Waals surface area contributed by atoms with Crippen LogP contribution >= 0.6 is 11.3 Å². The maximum absolute atomic E-state index is 13.0. The number of aryl methyl sites for hydroxylation is 1. The number of aromatic nitrogens is 1. The highest BCUT2D eigenvalue weighted by atomic mass is 32.1. The number of halogens is 3. The van der Waals surface area contributed by atoms with Gasteiger partial charge in [0.15, 0.2) is 5.69 Å². The topological polar surface area (TPSA) is 71.2 Å². The third kappa shape index (κ3) is 4.89. The third-order valence-corrected chi connectivity index (χ3v) is 4.72. The second-order valence-corrected chi connectivity index (χ2v) is 6.94. The minimum atomic E-state index is -4.44. The van der Waals surface area contributed by atoms with Gasteiger partial charge in [0, 0.05) is 26.2 Å². The lowest BCUT2D eigenvalue weighted by molar-refractivity contribution is -0.141. The van der Waals surface area contributed by atoms with Crippen molar-refractivity contribution in [3.63, 3.8) is 0 Å². The first kappa shape index (κ1) is 18.2. The summed E-state index contributed by atoms with van der Waals surface area (Å²) < 4.78 is 39.0. The summed E-state index contributed by atoms with van der Waals surface area (Å²) in [5, 5.41) is 3.15. The Hall–Kier alpha value is -1.19. The smallest absolute Gasteiger partial charge is 0.355 e. The Balaban J connectivity index is 2.02. The number of amides is 1. The van der Waals surface area contributed by atoms with Gasteiger partial charge in [0.25, 0.3) is 0 Å². The van der Waals surface area contributed by atoms with E-state index in [1.165, 1.54) is 0 Å². The molecule has 9 heteroatoms. The van der Waals surface area contributed by atoms with Crippen molar-refractivity contribution in [2.24, 2.45) is 11.7 Å². The first-order valence-electron chi connectivity index (χ1n) is 7.55. The maximum Gasteiger partial charge on any atom is 0.434 e. The van der Waals surface area contributed by atoms with Crippen LogP contribution < -0.4 is 11.1 Å². The molecule has 0 aromatic carbocycles. The molecule has 0 spiro atoms. The quantitative estimate of drug-likeness (QED) is 0.849. The van der Waals surface area contributed by atoms with Crippen molar-refractivity contribution in [2.45, 2.75) is 32.5 Å². The van der Waals surface area contributed by atoms with Crippen LogP contribution in [0.5, 0.6) is 0 Å². The van der Waals surface area contributed by atoms with Crippen molar-refractivity contribution in [1.29, 1.82) is 0 Å². The van der Waals surface area contributed by atoms with Crippen LogP contribution in [-0.2, 0) is 17.5 Å². The normalized spacial score (nSPS) is 19.8. The number of hydrogen-bond donors (Lipinski definition) is 2. The van der Waals surface area contributed by atoms with E-state index < -0.39 is 11.9 Å². The Labute approximate surface area is 137 Å². The molecule has 1 aliphatic heterocycles. The molecule has 23 heavy (non-hydrogen) atoms. The number of nitrogens with one attached hydrogen (secondary N) is 1. The number of nitrogens with two attached hydrogens (primary N) is 1. The van der Waals surface area contributed by atoms with Gasteiger partial charge < -0.3 is 11.1 Å². The molecule has 1 unspecified atom stereocenters. The van der Waals surface area contributed by atoms with E-state index in [0.29, 0.717) is 31.2 Å². The van der Waals surface area contributed by atoms with Crippen LogP contribution in [0.4, 0.5) is 13.2 Å². The van der Waals surface area contributed by atoms with Crippen LogP contribution in [0.3, 0.4) is 0 Å². The second-order valence-electron chi connectivity index (χ2n) is 5.66. The van der Waals surface area contributed by atoms with Gasteiger partial charge in [-0.3, -0.25) is 9.69 Å². The number of alkyl halides is 3. The predicted molar refractivity (Wildman–Crippen MR) is 81.9 cm³/mol. The minimum Gasteiger partial charge on any atom is -0.355 e. The molecule has 0 aliphatic carbocycles. The van der Waals surface area contributed by atoms with E-state index in [-0.39, 0.29) is 23.2 Å². The van der Waals surface area contributed by atoms with Crippen molar-refractivity contribution in [1.82, 2.24) is 15.2 Å². The monoisotopic (exact) mass is 350 g/mol. The Morgan fingerprint density at radius 1 is 1.52 bits per heavy atom. The number of nitrogens with zero attached hydrogens (tertiary/aromatic N) is 2. The molecule has 1 aromatic heterocycles. The zero-order valence-corrected chi connectivity index (χ0v) is 13.8. The Kier molecular flexibility index (Phi) is 5.99. The van der Waals surface area contributed by atoms with Crippen molar-refractivity contribution in [3.8, 4) is 0 Å². The minimum absolute atomic E-state index is 0.0725. The molecule has 3 N–H and O–H groups in total. The summed E-state index contributed by atoms with van der Waals surface area (Å²) >= 11 is 1.07. The number of piperidine rings is 1. The van der Waals surface area contributed by atoms with Crippen LogP contribution in [0.15, 0.2) is 0 Å². The lowest BCUT2D eigenvalue weighted by Crippen LogP contribution is -2.43. The third-order valence-electron chi connectivity index (χ3n) is 3.76. The number of likely N-dealkylation sites (tertiary alicyclic amines) is 1. The van der Waals surface area contributed by atoms with Crippen LogP contribution in [-0.4, -0.2) is 42.0 Å². The molecule has 5 nitrogen and oxygen atoms in total. The van der Waals surface area contributed by atoms with Crippen LogP contribution in [0.2, 0.25) is 0 Å². The average Bonchev–Trinajstić information content (AvgIpc) is 2.86. The Bertz CT molecular complexity index is 547. The molecule has 2 rings (SSSR count). The summed E-state index contributed by atoms with van der Waals surface area (Å²) in [5.74, 6) is -0.268. The van der Waals surface area contributed by atoms with Crippen molar-refractivity contribution in [2.75, 3.05) is 26.2 Å². The summed E-state index contributed by atoms with van der Waals surface area (Å²) in [4.78, 5) is 17.7. The molecule has 1 amide bonds. The summed E-state index contributed by atoms with van der Waals surface area (Å²) in [6, 6.07) is 0. The summed E-state index contributed by atoms with van der Waals surface area (Å²) in [7, 11) is 0. The Morgan fingerprint density at radius 2 is 2.26 bits per heavy atom. The van der Waals surface area contributed by atoms with E-state index in [9.17, 15) is 18.0 Å². The molecule has 0 bridgehead atoms. The number of hydrogen-bond acceptors (Lipinski definition) is 5. The summed E-state index contributed by atoms with van der Waals surface area (Å²) in [6.45, 7) is 3.70. The van der Waals surface area contributed by atoms with Gasteiger partial charge in [0.2, 0.25) is 5.91 Å². The summed E-state index contributed by atoms with van der Waals surface area (Å²) in [6.07, 6.45) is -2.89. The highest BCUT2D eigenvalue weighted by Crippen LogP contribution is 2.35. The molecular formula is C14H21F3N4OS. The lowest BCUT2D eigenvalue weighted by Gasteiger charge is -2.31. The number of carbonyl (C=O) groups is 1. The largest absolute Gasteiger partial charge is 0.434 e. The lowest BCUT2D eigenvalue weighted by atomic mass is 9.97. The molecule has 0 radical (unpaired) electrons. The molecular weight excluding hydrogens is 329 g/mol. The van der Waals surface area contributed by atoms with Gasteiger partial charge in [-0.1, -0.05) is 0 Å². The van der Waals surface area contributed by atoms with E-state index in [2.05, 4.69) is 10.3 Å². The maximum atomic E-state index is 13.0. The number of carbonyl (C=O) groups excluding carboxylic acids is 1. The van der Waals surface area contributed by atoms with Gasteiger partial charge in [0.05, 0.1) is 15.8 Å². The van der Waals surface area contributed by atoms with Gasteiger partial charge in [-0.25, -0.2) is 4.98 Å². The molecule has 1 saturated heterocycles. The van der Waals surface area contributed by atoms with E-state index in [1.807, 2.05) is 4.90 Å². The molecule has 1 aliphatic rings. The van der Waals surface area contributed by atoms with Gasteiger partial charge in [-0.05, 0) is 26.3 Å². The van der Waals surface area contributed by atoms with Gasteiger partial charge in [-0.15, -0.1) is 11.3 Å². The zero-order valence-electron chi connectivity index (χ0n) is 12.9. The van der Waals surface area contributed by atoms with E-state index in [4.69, 9.17) is 5.73 Å². The fourth-order valence-electron chi connectivity index (χ4n) is 2.75. The first-order chi connectivity index (χ1) is 10.8. The van der Waals surface area contributed by atoms with E-state index in [1.54, 1.807) is 6.92 Å². The fourth-order valence-corrected chi connectivity index (χ4v) is 3.75. The van der Waals surface area contributed by atoms with E-state index in [0.717, 1.165) is 24.2 Å². The van der Waals surface area contributed by atoms with Crippen LogP contribution in [0, 0.1) is 12.8 Å². The van der Waals surface area contributed by atoms with Crippen LogP contribution in [0.1, 0.15) is 28.4 Å². The number of rotatable bonds is 5. The van der Waals surface area contributed by atoms with E-state index >= 15 is 0 Å². The van der Waals surface area contributed by atoms with Crippen molar-refractivity contribution in [3.05, 3.63) is 15.6 Å². The molecule has 1 atom stereocenters. The molecule has 130 valence electrons. The summed E-state index contributed by atoms with van der Waals surface area (Å²) in [5.41, 5.74) is 4.56. The first-order valence-corrected chi connectivity index (χ1v) is 8.36. The SMILES string of the molecule is Cc1nc(C(F)(F)F)c(CN2CCCC(C(=O)NCCN)C2)s1. The van der Waals surface area contributed by atoms with Crippen molar-refractivity contribution >= 4 is 17.2 Å². The highest BCUT2D eigenvalue weighted by Gasteiger charge is 2.38. The molecule has 2 heterocycles. The zero-order chi connectivity index (χ0) is 17.0. The highest BCUT2D eigenvalue weighted by molar-refractivity contribution is 7.11. The predicted octanol–water partition coefficient (Wildman–Crippen LogP) is 1.76. The number of thiazole rings is 1. The Morgan fingerprint density at radius 3 is 2.91 bits per heavy atom. The van der Waals surface area contributed by atoms with Crippen LogP contribution in [0.25, 0.3) is 0 Å². The fraction of sp³-hybridized carbons (Fsp3) is 0.714. The van der Waals surface area contributed by atoms with Gasteiger partial charge in [-0.2, -0.15) is 13.2 Å². The molecule has 1 aromatic rings. The molecule has 0 saturated carbocycles. The average molecular weight is 350 g/mol. The standard InChI is InChI=1S/C14H21F3N4OS/c1-9-20-12(14(15,16)17)11(23-9)8-21-6-2-3-10(7-21)13(22)19-5-4-18/h10H,2-8,18H2,1H3,(H,19,22). The molecule has 1 fully saturated rings.